The number of nitrogens with zero attached hydrogens (tertiary/aromatic N) is 5. The van der Waals surface area contributed by atoms with Gasteiger partial charge < -0.3 is 15.0 Å². The van der Waals surface area contributed by atoms with Crippen molar-refractivity contribution in [3.63, 3.8) is 0 Å². The summed E-state index contributed by atoms with van der Waals surface area (Å²) >= 11 is 0. The minimum absolute atomic E-state index is 0.286. The highest BCUT2D eigenvalue weighted by Gasteiger charge is 2.23. The molecule has 150 valence electrons. The molecule has 5 rings (SSSR count). The Bertz CT molecular complexity index is 1170. The average Bonchev–Trinajstić information content (AvgIpc) is 3.37. The Labute approximate surface area is 168 Å². The van der Waals surface area contributed by atoms with Crippen molar-refractivity contribution in [1.82, 2.24) is 34.9 Å². The Morgan fingerprint density at radius 1 is 1.21 bits per heavy atom. The summed E-state index contributed by atoms with van der Waals surface area (Å²) in [5.74, 6) is 1.44. The highest BCUT2D eigenvalue weighted by molar-refractivity contribution is 5.86. The van der Waals surface area contributed by atoms with Crippen molar-refractivity contribution in [3.8, 4) is 17.0 Å². The molecule has 0 spiro atoms. The van der Waals surface area contributed by atoms with E-state index in [-0.39, 0.29) is 5.92 Å². The molecule has 0 atom stereocenters. The number of piperidine rings is 1. The highest BCUT2D eigenvalue weighted by atomic mass is 16.5. The van der Waals surface area contributed by atoms with Gasteiger partial charge in [0, 0.05) is 23.2 Å². The van der Waals surface area contributed by atoms with Crippen molar-refractivity contribution in [2.24, 2.45) is 0 Å². The lowest BCUT2D eigenvalue weighted by Gasteiger charge is -2.21. The predicted molar refractivity (Wildman–Crippen MR) is 111 cm³/mol. The number of pyridine rings is 1. The van der Waals surface area contributed by atoms with Crippen molar-refractivity contribution in [2.45, 2.75) is 38.5 Å². The molecule has 1 aliphatic rings. The van der Waals surface area contributed by atoms with Crippen LogP contribution >= 0.6 is 0 Å². The molecule has 1 fully saturated rings. The lowest BCUT2D eigenvalue weighted by atomic mass is 9.94. The van der Waals surface area contributed by atoms with Crippen LogP contribution in [-0.4, -0.2) is 49.7 Å². The van der Waals surface area contributed by atoms with Crippen LogP contribution < -0.4 is 10.1 Å². The molecule has 8 nitrogen and oxygen atoms in total. The SMILES string of the molecule is COc1cc(-c2[nH]c3ncc(C4CCNCC4)nc3c2C(C)C)cn2ncnc12. The van der Waals surface area contributed by atoms with Crippen LogP contribution in [0.2, 0.25) is 0 Å². The van der Waals surface area contributed by atoms with Gasteiger partial charge in [0.2, 0.25) is 0 Å². The van der Waals surface area contributed by atoms with Crippen molar-refractivity contribution in [2.75, 3.05) is 20.2 Å². The van der Waals surface area contributed by atoms with Gasteiger partial charge in [-0.05, 0) is 37.9 Å². The summed E-state index contributed by atoms with van der Waals surface area (Å²) in [7, 11) is 1.65. The zero-order chi connectivity index (χ0) is 20.0. The Morgan fingerprint density at radius 3 is 2.79 bits per heavy atom. The summed E-state index contributed by atoms with van der Waals surface area (Å²) in [6.07, 6.45) is 7.65. The minimum Gasteiger partial charge on any atom is -0.493 e. The molecule has 1 saturated heterocycles. The molecule has 29 heavy (non-hydrogen) atoms. The fraction of sp³-hybridized carbons (Fsp3) is 0.429. The largest absolute Gasteiger partial charge is 0.493 e. The molecule has 0 radical (unpaired) electrons. The van der Waals surface area contributed by atoms with Crippen LogP contribution in [0.25, 0.3) is 28.1 Å². The molecule has 0 aliphatic carbocycles. The number of ether oxygens (including phenoxy) is 1. The third-order valence-corrected chi connectivity index (χ3v) is 5.74. The van der Waals surface area contributed by atoms with Crippen molar-refractivity contribution >= 4 is 16.8 Å². The third-order valence-electron chi connectivity index (χ3n) is 5.74. The fourth-order valence-corrected chi connectivity index (χ4v) is 4.27. The van der Waals surface area contributed by atoms with Crippen molar-refractivity contribution < 1.29 is 4.74 Å². The van der Waals surface area contributed by atoms with E-state index in [9.17, 15) is 0 Å². The van der Waals surface area contributed by atoms with E-state index in [2.05, 4.69) is 34.2 Å². The Hall–Kier alpha value is -3.00. The van der Waals surface area contributed by atoms with E-state index in [4.69, 9.17) is 14.7 Å². The van der Waals surface area contributed by atoms with E-state index in [1.165, 1.54) is 11.9 Å². The second-order valence-corrected chi connectivity index (χ2v) is 7.91. The molecule has 0 bridgehead atoms. The molecular weight excluding hydrogens is 366 g/mol. The number of fused-ring (bicyclic) bond motifs is 2. The van der Waals surface area contributed by atoms with Crippen LogP contribution in [0.1, 0.15) is 49.8 Å². The quantitative estimate of drug-likeness (QED) is 0.555. The van der Waals surface area contributed by atoms with Gasteiger partial charge in [-0.3, -0.25) is 0 Å². The summed E-state index contributed by atoms with van der Waals surface area (Å²) in [6, 6.07) is 1.99. The van der Waals surface area contributed by atoms with E-state index in [1.54, 1.807) is 11.6 Å². The van der Waals surface area contributed by atoms with Gasteiger partial charge in [-0.1, -0.05) is 13.8 Å². The van der Waals surface area contributed by atoms with E-state index >= 15 is 0 Å². The lowest BCUT2D eigenvalue weighted by molar-refractivity contribution is 0.416. The average molecular weight is 391 g/mol. The van der Waals surface area contributed by atoms with Gasteiger partial charge in [0.15, 0.2) is 17.0 Å². The van der Waals surface area contributed by atoms with Gasteiger partial charge in [0.05, 0.1) is 24.7 Å². The van der Waals surface area contributed by atoms with Gasteiger partial charge in [0.1, 0.15) is 11.8 Å². The van der Waals surface area contributed by atoms with E-state index in [0.29, 0.717) is 17.3 Å². The van der Waals surface area contributed by atoms with Gasteiger partial charge >= 0.3 is 0 Å². The second kappa shape index (κ2) is 7.11. The van der Waals surface area contributed by atoms with Crippen LogP contribution in [-0.2, 0) is 0 Å². The normalized spacial score (nSPS) is 15.6. The monoisotopic (exact) mass is 391 g/mol. The Morgan fingerprint density at radius 2 is 2.03 bits per heavy atom. The number of hydrogen-bond donors (Lipinski definition) is 2. The summed E-state index contributed by atoms with van der Waals surface area (Å²) in [4.78, 5) is 17.6. The maximum Gasteiger partial charge on any atom is 0.197 e. The Balaban J connectivity index is 1.68. The van der Waals surface area contributed by atoms with Crippen molar-refractivity contribution in [3.05, 3.63) is 36.0 Å². The first-order chi connectivity index (χ1) is 14.2. The standard InChI is InChI=1S/C21H25N7O/c1-12(2)17-18(14-8-16(29-3)21-24-11-25-28(21)10-14)27-20-19(17)26-15(9-23-20)13-4-6-22-7-5-13/h8-13,22H,4-7H2,1-3H3,(H,23,27). The summed E-state index contributed by atoms with van der Waals surface area (Å²) in [5.41, 5.74) is 6.73. The molecule has 0 unspecified atom stereocenters. The zero-order valence-corrected chi connectivity index (χ0v) is 16.9. The molecule has 5 heterocycles. The van der Waals surface area contributed by atoms with Crippen LogP contribution in [0.4, 0.5) is 0 Å². The molecule has 0 aromatic carbocycles. The highest BCUT2D eigenvalue weighted by Crippen LogP contribution is 2.36. The smallest absolute Gasteiger partial charge is 0.197 e. The first-order valence-electron chi connectivity index (χ1n) is 10.1. The van der Waals surface area contributed by atoms with Crippen LogP contribution in [0.3, 0.4) is 0 Å². The maximum absolute atomic E-state index is 5.55. The number of nitrogens with one attached hydrogen (secondary N) is 2. The van der Waals surface area contributed by atoms with Gasteiger partial charge in [-0.25, -0.2) is 19.5 Å². The maximum atomic E-state index is 5.55. The molecule has 8 heteroatoms. The number of hydrogen-bond acceptors (Lipinski definition) is 6. The second-order valence-electron chi connectivity index (χ2n) is 7.91. The number of aromatic nitrogens is 6. The number of methoxy groups -OCH3 is 1. The molecular formula is C21H25N7O. The predicted octanol–water partition coefficient (Wildman–Crippen LogP) is 3.27. The summed E-state index contributed by atoms with van der Waals surface area (Å²) in [5, 5.41) is 7.71. The van der Waals surface area contributed by atoms with Gasteiger partial charge in [-0.15, -0.1) is 0 Å². The lowest BCUT2D eigenvalue weighted by Crippen LogP contribution is -2.27. The van der Waals surface area contributed by atoms with Gasteiger partial charge in [0.25, 0.3) is 0 Å². The van der Waals surface area contributed by atoms with E-state index in [1.807, 2.05) is 18.5 Å². The van der Waals surface area contributed by atoms with Crippen LogP contribution in [0, 0.1) is 0 Å². The molecule has 0 saturated carbocycles. The number of rotatable bonds is 4. The topological polar surface area (TPSA) is 93.0 Å². The molecule has 4 aromatic rings. The van der Waals surface area contributed by atoms with Crippen LogP contribution in [0.5, 0.6) is 5.75 Å². The first-order valence-corrected chi connectivity index (χ1v) is 10.1. The third kappa shape index (κ3) is 3.04. The fourth-order valence-electron chi connectivity index (χ4n) is 4.27. The molecule has 1 aliphatic heterocycles. The molecule has 2 N–H and O–H groups in total. The number of H-pyrrole nitrogens is 1. The zero-order valence-electron chi connectivity index (χ0n) is 16.9. The van der Waals surface area contributed by atoms with E-state index in [0.717, 1.165) is 54.0 Å². The molecule has 4 aromatic heterocycles. The van der Waals surface area contributed by atoms with Crippen LogP contribution in [0.15, 0.2) is 24.8 Å². The molecule has 0 amide bonds. The summed E-state index contributed by atoms with van der Waals surface area (Å²) < 4.78 is 7.29. The minimum atomic E-state index is 0.286. The van der Waals surface area contributed by atoms with E-state index < -0.39 is 0 Å². The van der Waals surface area contributed by atoms with Gasteiger partial charge in [-0.2, -0.15) is 5.10 Å². The Kier molecular flexibility index (Phi) is 4.43. The number of aromatic amines is 1. The first kappa shape index (κ1) is 18.1. The van der Waals surface area contributed by atoms with Crippen molar-refractivity contribution in [1.29, 1.82) is 0 Å². The summed E-state index contributed by atoms with van der Waals surface area (Å²) in [6.45, 7) is 6.46.